The lowest BCUT2D eigenvalue weighted by Gasteiger charge is -2.12. The summed E-state index contributed by atoms with van der Waals surface area (Å²) in [5.41, 5.74) is 5.79. The first-order valence-electron chi connectivity index (χ1n) is 6.26. The number of nitrogens with two attached hydrogens (primary N) is 1. The fraction of sp³-hybridized carbons (Fsp3) is 0.133. The minimum absolute atomic E-state index is 0.315. The van der Waals surface area contributed by atoms with Gasteiger partial charge in [-0.3, -0.25) is 10.6 Å². The van der Waals surface area contributed by atoms with E-state index in [0.717, 1.165) is 11.1 Å². The monoisotopic (exact) mass is 323 g/mol. The van der Waals surface area contributed by atoms with Gasteiger partial charge < -0.3 is 10.7 Å². The molecular formula is C15H15Cl2N3O. The van der Waals surface area contributed by atoms with Crippen molar-refractivity contribution in [2.24, 2.45) is 5.84 Å². The normalized spacial score (nSPS) is 10.3. The Morgan fingerprint density at radius 1 is 1.05 bits per heavy atom. The van der Waals surface area contributed by atoms with Crippen molar-refractivity contribution in [3.8, 4) is 0 Å². The smallest absolute Gasteiger partial charge is 0.257 e. The van der Waals surface area contributed by atoms with E-state index >= 15 is 0 Å². The van der Waals surface area contributed by atoms with Gasteiger partial charge in [-0.1, -0.05) is 29.3 Å². The third-order valence-corrected chi connectivity index (χ3v) is 3.79. The van der Waals surface area contributed by atoms with Gasteiger partial charge in [0.25, 0.3) is 5.91 Å². The number of nitrogen functional groups attached to an aromatic ring is 1. The maximum absolute atomic E-state index is 12.3. The molecule has 110 valence electrons. The first-order chi connectivity index (χ1) is 9.92. The number of rotatable bonds is 3. The van der Waals surface area contributed by atoms with Crippen molar-refractivity contribution < 1.29 is 4.79 Å². The highest BCUT2D eigenvalue weighted by Crippen LogP contribution is 2.29. The Morgan fingerprint density at radius 2 is 1.76 bits per heavy atom. The fourth-order valence-electron chi connectivity index (χ4n) is 1.91. The Bertz CT molecular complexity index is 702. The van der Waals surface area contributed by atoms with E-state index in [2.05, 4.69) is 10.7 Å². The van der Waals surface area contributed by atoms with Crippen LogP contribution in [0.1, 0.15) is 21.5 Å². The quantitative estimate of drug-likeness (QED) is 0.587. The van der Waals surface area contributed by atoms with Gasteiger partial charge in [0.05, 0.1) is 22.0 Å². The molecule has 1 amide bonds. The van der Waals surface area contributed by atoms with E-state index in [1.165, 1.54) is 0 Å². The summed E-state index contributed by atoms with van der Waals surface area (Å²) >= 11 is 12.2. The van der Waals surface area contributed by atoms with Crippen molar-refractivity contribution in [2.75, 3.05) is 10.7 Å². The van der Waals surface area contributed by atoms with Crippen molar-refractivity contribution in [1.29, 1.82) is 0 Å². The summed E-state index contributed by atoms with van der Waals surface area (Å²) in [7, 11) is 0. The third-order valence-electron chi connectivity index (χ3n) is 3.07. The maximum atomic E-state index is 12.3. The minimum atomic E-state index is -0.315. The molecule has 0 aliphatic carbocycles. The molecule has 21 heavy (non-hydrogen) atoms. The second-order valence-electron chi connectivity index (χ2n) is 4.73. The number of nitrogens with one attached hydrogen (secondary N) is 2. The van der Waals surface area contributed by atoms with Gasteiger partial charge in [-0.25, -0.2) is 0 Å². The molecule has 2 rings (SSSR count). The number of amides is 1. The van der Waals surface area contributed by atoms with Crippen LogP contribution in [0, 0.1) is 13.8 Å². The van der Waals surface area contributed by atoms with E-state index in [1.54, 1.807) is 24.3 Å². The van der Waals surface area contributed by atoms with Gasteiger partial charge in [-0.2, -0.15) is 0 Å². The Hall–Kier alpha value is -1.75. The summed E-state index contributed by atoms with van der Waals surface area (Å²) in [6, 6.07) is 8.65. The van der Waals surface area contributed by atoms with Crippen molar-refractivity contribution in [2.45, 2.75) is 13.8 Å². The molecule has 0 aliphatic rings. The van der Waals surface area contributed by atoms with Crippen LogP contribution in [-0.4, -0.2) is 5.91 Å². The van der Waals surface area contributed by atoms with Crippen LogP contribution in [0.5, 0.6) is 0 Å². The van der Waals surface area contributed by atoms with Crippen LogP contribution < -0.4 is 16.6 Å². The van der Waals surface area contributed by atoms with Crippen LogP contribution in [0.4, 0.5) is 11.4 Å². The Labute approximate surface area is 133 Å². The molecule has 0 aliphatic heterocycles. The molecule has 0 radical (unpaired) electrons. The summed E-state index contributed by atoms with van der Waals surface area (Å²) in [4.78, 5) is 12.3. The average Bonchev–Trinajstić information content (AvgIpc) is 2.44. The second-order valence-corrected chi connectivity index (χ2v) is 5.54. The maximum Gasteiger partial charge on any atom is 0.257 e. The van der Waals surface area contributed by atoms with Crippen LogP contribution in [0.25, 0.3) is 0 Å². The van der Waals surface area contributed by atoms with E-state index in [1.807, 2.05) is 19.9 Å². The van der Waals surface area contributed by atoms with Gasteiger partial charge in [-0.05, 0) is 49.2 Å². The van der Waals surface area contributed by atoms with Crippen LogP contribution in [0.15, 0.2) is 30.3 Å². The number of hydrogen-bond acceptors (Lipinski definition) is 3. The molecule has 0 heterocycles. The molecule has 2 aromatic rings. The molecule has 4 N–H and O–H groups in total. The third kappa shape index (κ3) is 3.47. The van der Waals surface area contributed by atoms with Crippen molar-refractivity contribution >= 4 is 40.5 Å². The zero-order valence-corrected chi connectivity index (χ0v) is 13.1. The molecule has 0 bridgehead atoms. The largest absolute Gasteiger partial charge is 0.323 e. The number of halogens is 2. The number of benzene rings is 2. The summed E-state index contributed by atoms with van der Waals surface area (Å²) < 4.78 is 0. The van der Waals surface area contributed by atoms with E-state index in [0.29, 0.717) is 27.0 Å². The van der Waals surface area contributed by atoms with Crippen LogP contribution in [0.3, 0.4) is 0 Å². The van der Waals surface area contributed by atoms with Crippen LogP contribution >= 0.6 is 23.2 Å². The summed E-state index contributed by atoms with van der Waals surface area (Å²) in [5.74, 6) is 5.13. The molecular weight excluding hydrogens is 309 g/mol. The van der Waals surface area contributed by atoms with Gasteiger partial charge >= 0.3 is 0 Å². The van der Waals surface area contributed by atoms with Crippen molar-refractivity contribution in [1.82, 2.24) is 0 Å². The molecule has 0 saturated heterocycles. The number of hydrazine groups is 1. The lowest BCUT2D eigenvalue weighted by Crippen LogP contribution is -2.17. The van der Waals surface area contributed by atoms with Gasteiger partial charge in [0.1, 0.15) is 0 Å². The summed E-state index contributed by atoms with van der Waals surface area (Å²) in [5, 5.41) is 3.71. The lowest BCUT2D eigenvalue weighted by molar-refractivity contribution is 0.102. The SMILES string of the molecule is Cc1ccc(C(=O)Nc2cc(Cl)c(C)cc2Cl)c(NN)c1. The highest BCUT2D eigenvalue weighted by molar-refractivity contribution is 6.36. The predicted molar refractivity (Wildman–Crippen MR) is 88.1 cm³/mol. The highest BCUT2D eigenvalue weighted by atomic mass is 35.5. The summed E-state index contributed by atoms with van der Waals surface area (Å²) in [6.07, 6.45) is 0. The van der Waals surface area contributed by atoms with Crippen LogP contribution in [-0.2, 0) is 0 Å². The molecule has 0 fully saturated rings. The molecule has 0 atom stereocenters. The van der Waals surface area contributed by atoms with Gasteiger partial charge in [0.2, 0.25) is 0 Å². The zero-order chi connectivity index (χ0) is 15.6. The van der Waals surface area contributed by atoms with Crippen molar-refractivity contribution in [3.05, 3.63) is 57.1 Å². The Morgan fingerprint density at radius 3 is 2.43 bits per heavy atom. The average molecular weight is 324 g/mol. The molecule has 0 saturated carbocycles. The first-order valence-corrected chi connectivity index (χ1v) is 7.02. The van der Waals surface area contributed by atoms with Gasteiger partial charge in [-0.15, -0.1) is 0 Å². The molecule has 0 aromatic heterocycles. The number of hydrogen-bond donors (Lipinski definition) is 3. The Balaban J connectivity index is 2.32. The number of anilines is 2. The highest BCUT2D eigenvalue weighted by Gasteiger charge is 2.13. The standard InChI is InChI=1S/C15H15Cl2N3O/c1-8-3-4-10(13(5-8)20-18)15(21)19-14-7-11(16)9(2)6-12(14)17/h3-7,20H,18H2,1-2H3,(H,19,21). The fourth-order valence-corrected chi connectivity index (χ4v) is 2.34. The minimum Gasteiger partial charge on any atom is -0.323 e. The number of carbonyl (C=O) groups excluding carboxylic acids is 1. The molecule has 2 aromatic carbocycles. The van der Waals surface area contributed by atoms with Crippen molar-refractivity contribution in [3.63, 3.8) is 0 Å². The zero-order valence-electron chi connectivity index (χ0n) is 11.6. The Kier molecular flexibility index (Phi) is 4.73. The van der Waals surface area contributed by atoms with Crippen LogP contribution in [0.2, 0.25) is 10.0 Å². The number of carbonyl (C=O) groups is 1. The van der Waals surface area contributed by atoms with Gasteiger partial charge in [0.15, 0.2) is 0 Å². The van der Waals surface area contributed by atoms with E-state index < -0.39 is 0 Å². The number of aryl methyl sites for hydroxylation is 2. The molecule has 0 spiro atoms. The molecule has 0 unspecified atom stereocenters. The first kappa shape index (κ1) is 15.6. The van der Waals surface area contributed by atoms with Gasteiger partial charge in [0, 0.05) is 5.02 Å². The summed E-state index contributed by atoms with van der Waals surface area (Å²) in [6.45, 7) is 3.76. The molecule has 6 heteroatoms. The molecule has 4 nitrogen and oxygen atoms in total. The van der Waals surface area contributed by atoms with E-state index in [-0.39, 0.29) is 5.91 Å². The second kappa shape index (κ2) is 6.35. The van der Waals surface area contributed by atoms with E-state index in [4.69, 9.17) is 29.0 Å². The lowest BCUT2D eigenvalue weighted by atomic mass is 10.1. The van der Waals surface area contributed by atoms with E-state index in [9.17, 15) is 4.79 Å². The topological polar surface area (TPSA) is 67.2 Å². The predicted octanol–water partition coefficient (Wildman–Crippen LogP) is 4.15.